The number of aliphatic hydroxyl groups is 1. The SMILES string of the molecule is CCOCCO.[CH2]C. The van der Waals surface area contributed by atoms with Gasteiger partial charge in [-0.2, -0.15) is 0 Å². The van der Waals surface area contributed by atoms with Gasteiger partial charge in [-0.25, -0.2) is 0 Å². The van der Waals surface area contributed by atoms with Gasteiger partial charge in [0, 0.05) is 6.61 Å². The molecule has 0 aliphatic carbocycles. The molecule has 0 saturated carbocycles. The van der Waals surface area contributed by atoms with Crippen molar-refractivity contribution in [1.82, 2.24) is 0 Å². The molecule has 2 heteroatoms. The highest BCUT2D eigenvalue weighted by molar-refractivity contribution is 4.18. The molecule has 0 saturated heterocycles. The molecule has 0 spiro atoms. The van der Waals surface area contributed by atoms with Gasteiger partial charge in [-0.3, -0.25) is 0 Å². The number of hydrogen-bond donors (Lipinski definition) is 1. The summed E-state index contributed by atoms with van der Waals surface area (Å²) in [6, 6.07) is 0. The molecule has 1 radical (unpaired) electrons. The van der Waals surface area contributed by atoms with Crippen LogP contribution >= 0.6 is 0 Å². The molecule has 0 unspecified atom stereocenters. The van der Waals surface area contributed by atoms with Crippen LogP contribution in [-0.4, -0.2) is 24.9 Å². The second-order valence-electron chi connectivity index (χ2n) is 0.921. The zero-order valence-corrected chi connectivity index (χ0v) is 5.68. The molecule has 51 valence electrons. The minimum absolute atomic E-state index is 0.133. The quantitative estimate of drug-likeness (QED) is 0.558. The molecular weight excluding hydrogens is 104 g/mol. The molecule has 1 N–H and O–H groups in total. The molecule has 0 amide bonds. The topological polar surface area (TPSA) is 29.5 Å². The summed E-state index contributed by atoms with van der Waals surface area (Å²) >= 11 is 0. The lowest BCUT2D eigenvalue weighted by Crippen LogP contribution is -1.96. The van der Waals surface area contributed by atoms with Crippen LogP contribution in [0.3, 0.4) is 0 Å². The third-order valence-electron chi connectivity index (χ3n) is 0.440. The normalized spacial score (nSPS) is 7.50. The van der Waals surface area contributed by atoms with Crippen molar-refractivity contribution in [3.05, 3.63) is 6.92 Å². The van der Waals surface area contributed by atoms with Crippen molar-refractivity contribution >= 4 is 0 Å². The molecule has 0 aromatic heterocycles. The van der Waals surface area contributed by atoms with Gasteiger partial charge in [-0.1, -0.05) is 13.8 Å². The Bertz CT molecular complexity index is 18.5. The summed E-state index contributed by atoms with van der Waals surface area (Å²) in [5.74, 6) is 0. The van der Waals surface area contributed by atoms with Gasteiger partial charge in [-0.05, 0) is 6.92 Å². The van der Waals surface area contributed by atoms with Crippen molar-refractivity contribution in [3.8, 4) is 0 Å². The first-order valence-corrected chi connectivity index (χ1v) is 2.81. The summed E-state index contributed by atoms with van der Waals surface area (Å²) in [5, 5.41) is 8.07. The molecule has 0 heterocycles. The largest absolute Gasteiger partial charge is 0.394 e. The fraction of sp³-hybridized carbons (Fsp3) is 0.833. The van der Waals surface area contributed by atoms with Crippen LogP contribution in [-0.2, 0) is 4.74 Å². The smallest absolute Gasteiger partial charge is 0.0697 e. The first kappa shape index (κ1) is 10.8. The zero-order chi connectivity index (χ0) is 6.83. The van der Waals surface area contributed by atoms with Gasteiger partial charge in [0.15, 0.2) is 0 Å². The molecule has 0 aliphatic rings. The molecule has 0 bridgehead atoms. The lowest BCUT2D eigenvalue weighted by Gasteiger charge is -1.91. The molecule has 0 fully saturated rings. The Labute approximate surface area is 51.5 Å². The fourth-order valence-corrected chi connectivity index (χ4v) is 0.209. The predicted molar refractivity (Wildman–Crippen MR) is 34.6 cm³/mol. The Balaban J connectivity index is 0. The summed E-state index contributed by atoms with van der Waals surface area (Å²) in [5.41, 5.74) is 0. The molecular formula is C6H15O2. The average molecular weight is 119 g/mol. The highest BCUT2D eigenvalue weighted by Gasteiger charge is 1.73. The summed E-state index contributed by atoms with van der Waals surface area (Å²) in [7, 11) is 0. The van der Waals surface area contributed by atoms with E-state index >= 15 is 0 Å². The Morgan fingerprint density at radius 1 is 1.50 bits per heavy atom. The van der Waals surface area contributed by atoms with Gasteiger partial charge >= 0.3 is 0 Å². The van der Waals surface area contributed by atoms with Gasteiger partial charge in [0.25, 0.3) is 0 Å². The number of rotatable bonds is 3. The van der Waals surface area contributed by atoms with E-state index in [-0.39, 0.29) is 6.61 Å². The van der Waals surface area contributed by atoms with Crippen molar-refractivity contribution < 1.29 is 9.84 Å². The van der Waals surface area contributed by atoms with Crippen LogP contribution in [0.1, 0.15) is 13.8 Å². The minimum Gasteiger partial charge on any atom is -0.394 e. The van der Waals surface area contributed by atoms with Crippen molar-refractivity contribution in [2.45, 2.75) is 13.8 Å². The van der Waals surface area contributed by atoms with E-state index in [4.69, 9.17) is 9.84 Å². The van der Waals surface area contributed by atoms with E-state index < -0.39 is 0 Å². The number of hydrogen-bond acceptors (Lipinski definition) is 2. The lowest BCUT2D eigenvalue weighted by atomic mass is 10.8. The summed E-state index contributed by atoms with van der Waals surface area (Å²) in [6.07, 6.45) is 0. The van der Waals surface area contributed by atoms with Crippen molar-refractivity contribution in [3.63, 3.8) is 0 Å². The van der Waals surface area contributed by atoms with Crippen molar-refractivity contribution in [2.75, 3.05) is 19.8 Å². The first-order valence-electron chi connectivity index (χ1n) is 2.81. The van der Waals surface area contributed by atoms with Gasteiger partial charge < -0.3 is 9.84 Å². The number of ether oxygens (including phenoxy) is 1. The summed E-state index contributed by atoms with van der Waals surface area (Å²) in [6.45, 7) is 8.20. The lowest BCUT2D eigenvalue weighted by molar-refractivity contribution is 0.102. The third-order valence-corrected chi connectivity index (χ3v) is 0.440. The highest BCUT2D eigenvalue weighted by atomic mass is 16.5. The van der Waals surface area contributed by atoms with E-state index in [1.54, 1.807) is 6.92 Å². The van der Waals surface area contributed by atoms with Crippen LogP contribution in [0.15, 0.2) is 0 Å². The van der Waals surface area contributed by atoms with Gasteiger partial charge in [0.2, 0.25) is 0 Å². The van der Waals surface area contributed by atoms with Crippen LogP contribution in [0.4, 0.5) is 0 Å². The molecule has 2 nitrogen and oxygen atoms in total. The maximum absolute atomic E-state index is 8.07. The Morgan fingerprint density at radius 3 is 2.12 bits per heavy atom. The Hall–Kier alpha value is -0.0800. The standard InChI is InChI=1S/C4H10O2.C2H5/c1-2-6-4-3-5;1-2/h5H,2-4H2,1H3;1H2,2H3. The van der Waals surface area contributed by atoms with Crippen molar-refractivity contribution in [1.29, 1.82) is 0 Å². The predicted octanol–water partition coefficient (Wildman–Crippen LogP) is 0.856. The van der Waals surface area contributed by atoms with E-state index in [1.807, 2.05) is 6.92 Å². The summed E-state index contributed by atoms with van der Waals surface area (Å²) in [4.78, 5) is 0. The third kappa shape index (κ3) is 16.8. The zero-order valence-electron chi connectivity index (χ0n) is 5.68. The monoisotopic (exact) mass is 119 g/mol. The molecule has 0 aromatic carbocycles. The Morgan fingerprint density at radius 2 is 2.00 bits per heavy atom. The van der Waals surface area contributed by atoms with E-state index in [2.05, 4.69) is 6.92 Å². The van der Waals surface area contributed by atoms with Gasteiger partial charge in [0.05, 0.1) is 13.2 Å². The molecule has 0 atom stereocenters. The second-order valence-corrected chi connectivity index (χ2v) is 0.921. The van der Waals surface area contributed by atoms with E-state index in [9.17, 15) is 0 Å². The van der Waals surface area contributed by atoms with Gasteiger partial charge in [0.1, 0.15) is 0 Å². The van der Waals surface area contributed by atoms with Crippen LogP contribution in [0, 0.1) is 6.92 Å². The highest BCUT2D eigenvalue weighted by Crippen LogP contribution is 1.66. The molecule has 8 heavy (non-hydrogen) atoms. The number of aliphatic hydroxyl groups excluding tert-OH is 1. The van der Waals surface area contributed by atoms with Gasteiger partial charge in [-0.15, -0.1) is 0 Å². The van der Waals surface area contributed by atoms with E-state index in [1.165, 1.54) is 0 Å². The fourth-order valence-electron chi connectivity index (χ4n) is 0.209. The average Bonchev–Trinajstić information content (AvgIpc) is 1.88. The van der Waals surface area contributed by atoms with Crippen molar-refractivity contribution in [2.24, 2.45) is 0 Å². The van der Waals surface area contributed by atoms with Crippen LogP contribution in [0.2, 0.25) is 0 Å². The van der Waals surface area contributed by atoms with Crippen LogP contribution < -0.4 is 0 Å². The Kier molecular flexibility index (Phi) is 21.3. The van der Waals surface area contributed by atoms with E-state index in [0.717, 1.165) is 0 Å². The maximum atomic E-state index is 8.07. The molecule has 0 rings (SSSR count). The molecule has 0 aliphatic heterocycles. The van der Waals surface area contributed by atoms with Crippen LogP contribution in [0.25, 0.3) is 0 Å². The van der Waals surface area contributed by atoms with Crippen LogP contribution in [0.5, 0.6) is 0 Å². The second kappa shape index (κ2) is 15.8. The summed E-state index contributed by atoms with van der Waals surface area (Å²) < 4.78 is 4.73. The first-order chi connectivity index (χ1) is 3.91. The molecule has 0 aromatic rings. The van der Waals surface area contributed by atoms with E-state index in [0.29, 0.717) is 13.2 Å². The minimum atomic E-state index is 0.133. The maximum Gasteiger partial charge on any atom is 0.0697 e.